The first-order valence-electron chi connectivity index (χ1n) is 7.42. The number of benzene rings is 2. The van der Waals surface area contributed by atoms with Gasteiger partial charge in [0.1, 0.15) is 5.82 Å². The van der Waals surface area contributed by atoms with Gasteiger partial charge in [-0.15, -0.1) is 0 Å². The summed E-state index contributed by atoms with van der Waals surface area (Å²) in [7, 11) is 0. The Balaban J connectivity index is 1.85. The van der Waals surface area contributed by atoms with E-state index in [0.717, 1.165) is 5.56 Å². The molecule has 0 unspecified atom stereocenters. The summed E-state index contributed by atoms with van der Waals surface area (Å²) in [6, 6.07) is 12.0. The minimum atomic E-state index is -0.963. The van der Waals surface area contributed by atoms with Crippen molar-refractivity contribution < 1.29 is 23.8 Å². The van der Waals surface area contributed by atoms with E-state index in [0.29, 0.717) is 11.1 Å². The molecule has 2 aromatic rings. The number of aliphatic hydroxyl groups is 1. The van der Waals surface area contributed by atoms with Crippen molar-refractivity contribution in [2.75, 3.05) is 0 Å². The molecule has 1 atom stereocenters. The fourth-order valence-electron chi connectivity index (χ4n) is 1.96. The molecule has 6 heteroatoms. The van der Waals surface area contributed by atoms with Crippen molar-refractivity contribution >= 4 is 11.9 Å². The Morgan fingerprint density at radius 1 is 1.08 bits per heavy atom. The maximum absolute atomic E-state index is 12.8. The van der Waals surface area contributed by atoms with Gasteiger partial charge >= 0.3 is 5.97 Å². The molecule has 0 saturated heterocycles. The van der Waals surface area contributed by atoms with E-state index in [1.54, 1.807) is 24.3 Å². The highest BCUT2D eigenvalue weighted by molar-refractivity contribution is 5.92. The number of hydrogen-bond acceptors (Lipinski definition) is 4. The zero-order chi connectivity index (χ0) is 17.5. The van der Waals surface area contributed by atoms with Crippen molar-refractivity contribution in [3.8, 4) is 0 Å². The molecule has 0 aromatic heterocycles. The summed E-state index contributed by atoms with van der Waals surface area (Å²) >= 11 is 0. The normalized spacial score (nSPS) is 11.6. The lowest BCUT2D eigenvalue weighted by Crippen LogP contribution is -2.35. The Labute approximate surface area is 139 Å². The Kier molecular flexibility index (Phi) is 6.03. The van der Waals surface area contributed by atoms with Crippen LogP contribution in [0.2, 0.25) is 0 Å². The first-order chi connectivity index (χ1) is 11.5. The van der Waals surface area contributed by atoms with E-state index in [-0.39, 0.29) is 19.0 Å². The third-order valence-electron chi connectivity index (χ3n) is 3.41. The van der Waals surface area contributed by atoms with Crippen molar-refractivity contribution in [2.45, 2.75) is 26.2 Å². The molecule has 126 valence electrons. The summed E-state index contributed by atoms with van der Waals surface area (Å²) in [4.78, 5) is 23.9. The molecular weight excluding hydrogens is 313 g/mol. The molecule has 2 aromatic carbocycles. The van der Waals surface area contributed by atoms with E-state index in [4.69, 9.17) is 9.84 Å². The number of aliphatic hydroxyl groups excluding tert-OH is 1. The van der Waals surface area contributed by atoms with Crippen LogP contribution < -0.4 is 5.32 Å². The van der Waals surface area contributed by atoms with Crippen LogP contribution in [-0.2, 0) is 22.7 Å². The molecule has 0 saturated carbocycles. The number of rotatable bonds is 6. The molecule has 2 N–H and O–H groups in total. The molecule has 24 heavy (non-hydrogen) atoms. The van der Waals surface area contributed by atoms with Gasteiger partial charge in [0, 0.05) is 6.54 Å². The van der Waals surface area contributed by atoms with Crippen LogP contribution in [0.3, 0.4) is 0 Å². The van der Waals surface area contributed by atoms with Crippen LogP contribution in [0.1, 0.15) is 28.4 Å². The number of nitrogens with one attached hydrogen (secondary N) is 1. The summed E-state index contributed by atoms with van der Waals surface area (Å²) in [5, 5.41) is 11.6. The maximum Gasteiger partial charge on any atom is 0.338 e. The van der Waals surface area contributed by atoms with Crippen LogP contribution in [0.4, 0.5) is 4.39 Å². The third kappa shape index (κ3) is 4.89. The second-order valence-corrected chi connectivity index (χ2v) is 5.25. The van der Waals surface area contributed by atoms with Crippen molar-refractivity contribution in [3.05, 3.63) is 71.0 Å². The second kappa shape index (κ2) is 8.21. The van der Waals surface area contributed by atoms with Gasteiger partial charge in [-0.1, -0.05) is 24.3 Å². The lowest BCUT2D eigenvalue weighted by atomic mass is 10.1. The highest BCUT2D eigenvalue weighted by Crippen LogP contribution is 2.08. The van der Waals surface area contributed by atoms with E-state index in [2.05, 4.69) is 5.32 Å². The third-order valence-corrected chi connectivity index (χ3v) is 3.41. The number of hydrogen-bond donors (Lipinski definition) is 2. The summed E-state index contributed by atoms with van der Waals surface area (Å²) in [6.07, 6.45) is -0.963. The fraction of sp³-hybridized carbons (Fsp3) is 0.222. The molecule has 0 aliphatic rings. The monoisotopic (exact) mass is 331 g/mol. The van der Waals surface area contributed by atoms with Gasteiger partial charge in [-0.3, -0.25) is 4.79 Å². The lowest BCUT2D eigenvalue weighted by molar-refractivity contribution is -0.129. The van der Waals surface area contributed by atoms with Crippen LogP contribution in [0.5, 0.6) is 0 Å². The number of halogens is 1. The highest BCUT2D eigenvalue weighted by atomic mass is 19.1. The van der Waals surface area contributed by atoms with Crippen LogP contribution >= 0.6 is 0 Å². The summed E-state index contributed by atoms with van der Waals surface area (Å²) in [6.45, 7) is 1.57. The topological polar surface area (TPSA) is 75.6 Å². The van der Waals surface area contributed by atoms with Gasteiger partial charge in [-0.25, -0.2) is 9.18 Å². The highest BCUT2D eigenvalue weighted by Gasteiger charge is 2.18. The van der Waals surface area contributed by atoms with Crippen LogP contribution in [0, 0.1) is 5.82 Å². The van der Waals surface area contributed by atoms with Gasteiger partial charge in [0.15, 0.2) is 6.10 Å². The number of carbonyl (C=O) groups excluding carboxylic acids is 2. The minimum Gasteiger partial charge on any atom is -0.449 e. The zero-order valence-electron chi connectivity index (χ0n) is 13.2. The van der Waals surface area contributed by atoms with Gasteiger partial charge in [-0.05, 0) is 42.3 Å². The van der Waals surface area contributed by atoms with Crippen molar-refractivity contribution in [2.24, 2.45) is 0 Å². The average Bonchev–Trinajstić information content (AvgIpc) is 2.60. The van der Waals surface area contributed by atoms with Gasteiger partial charge in [0.25, 0.3) is 5.91 Å². The molecule has 0 heterocycles. The molecule has 1 amide bonds. The Hall–Kier alpha value is -2.73. The maximum atomic E-state index is 12.8. The van der Waals surface area contributed by atoms with Crippen molar-refractivity contribution in [3.63, 3.8) is 0 Å². The fourth-order valence-corrected chi connectivity index (χ4v) is 1.96. The predicted molar refractivity (Wildman–Crippen MR) is 85.5 cm³/mol. The standard InChI is InChI=1S/C18H18FNO4/c1-12(17(22)20-10-13-4-8-16(19)9-5-13)24-18(23)15-6-2-14(11-21)3-7-15/h2-9,12,21H,10-11H2,1H3,(H,20,22)/t12-/m1/s1. The Bertz CT molecular complexity index is 698. The van der Waals surface area contributed by atoms with Gasteiger partial charge in [0.2, 0.25) is 0 Å². The SMILES string of the molecule is C[C@@H](OC(=O)c1ccc(CO)cc1)C(=O)NCc1ccc(F)cc1. The van der Waals surface area contributed by atoms with E-state index in [1.807, 2.05) is 0 Å². The first kappa shape index (κ1) is 17.6. The predicted octanol–water partition coefficient (Wildman–Crippen LogP) is 2.18. The van der Waals surface area contributed by atoms with Gasteiger partial charge in [0.05, 0.1) is 12.2 Å². The van der Waals surface area contributed by atoms with Crippen molar-refractivity contribution in [1.29, 1.82) is 0 Å². The minimum absolute atomic E-state index is 0.114. The number of carbonyl (C=O) groups is 2. The molecule has 0 bridgehead atoms. The summed E-state index contributed by atoms with van der Waals surface area (Å²) in [5.74, 6) is -1.41. The van der Waals surface area contributed by atoms with Crippen molar-refractivity contribution in [1.82, 2.24) is 5.32 Å². The smallest absolute Gasteiger partial charge is 0.338 e. The molecule has 0 radical (unpaired) electrons. The molecule has 0 aliphatic heterocycles. The number of amides is 1. The molecule has 0 aliphatic carbocycles. The van der Waals surface area contributed by atoms with Crippen LogP contribution in [0.25, 0.3) is 0 Å². The average molecular weight is 331 g/mol. The van der Waals surface area contributed by atoms with Gasteiger partial charge < -0.3 is 15.2 Å². The van der Waals surface area contributed by atoms with E-state index in [9.17, 15) is 14.0 Å². The molecule has 2 rings (SSSR count). The second-order valence-electron chi connectivity index (χ2n) is 5.25. The number of ether oxygens (including phenoxy) is 1. The van der Waals surface area contributed by atoms with E-state index >= 15 is 0 Å². The quantitative estimate of drug-likeness (QED) is 0.796. The molecule has 5 nitrogen and oxygen atoms in total. The summed E-state index contributed by atoms with van der Waals surface area (Å²) in [5.41, 5.74) is 1.71. The van der Waals surface area contributed by atoms with Crippen LogP contribution in [0.15, 0.2) is 48.5 Å². The Morgan fingerprint density at radius 2 is 1.67 bits per heavy atom. The molecule has 0 spiro atoms. The molecular formula is C18H18FNO4. The number of esters is 1. The van der Waals surface area contributed by atoms with E-state index in [1.165, 1.54) is 31.2 Å². The summed E-state index contributed by atoms with van der Waals surface area (Å²) < 4.78 is 17.9. The lowest BCUT2D eigenvalue weighted by Gasteiger charge is -2.13. The largest absolute Gasteiger partial charge is 0.449 e. The van der Waals surface area contributed by atoms with E-state index < -0.39 is 18.0 Å². The van der Waals surface area contributed by atoms with Gasteiger partial charge in [-0.2, -0.15) is 0 Å². The van der Waals surface area contributed by atoms with Crippen LogP contribution in [-0.4, -0.2) is 23.1 Å². The molecule has 0 fully saturated rings. The zero-order valence-corrected chi connectivity index (χ0v) is 13.2. The Morgan fingerprint density at radius 3 is 2.25 bits per heavy atom. The first-order valence-corrected chi connectivity index (χ1v) is 7.42.